The summed E-state index contributed by atoms with van der Waals surface area (Å²) in [6.07, 6.45) is 3.43. The second-order valence-corrected chi connectivity index (χ2v) is 12.5. The molecule has 2 unspecified atom stereocenters. The predicted octanol–water partition coefficient (Wildman–Crippen LogP) is 5.27. The molecule has 3 saturated carbocycles. The molecule has 4 nitrogen and oxygen atoms in total. The van der Waals surface area contributed by atoms with E-state index in [2.05, 4.69) is 13.8 Å². The van der Waals surface area contributed by atoms with E-state index in [-0.39, 0.29) is 61.3 Å². The molecule has 1 heterocycles. The summed E-state index contributed by atoms with van der Waals surface area (Å²) in [6, 6.07) is 0. The van der Waals surface area contributed by atoms with Gasteiger partial charge in [-0.05, 0) is 50.9 Å². The summed E-state index contributed by atoms with van der Waals surface area (Å²) >= 11 is 1.62. The number of carbonyl (C=O) groups is 1. The highest BCUT2D eigenvalue weighted by Crippen LogP contribution is 2.72. The second-order valence-electron chi connectivity index (χ2n) is 11.4. The van der Waals surface area contributed by atoms with Crippen LogP contribution in [0.25, 0.3) is 0 Å². The van der Waals surface area contributed by atoms with Gasteiger partial charge in [-0.1, -0.05) is 20.3 Å². The minimum Gasteiger partial charge on any atom is -0.390 e. The molecule has 1 aliphatic heterocycles. The van der Waals surface area contributed by atoms with Gasteiger partial charge in [-0.3, -0.25) is 4.79 Å². The third-order valence-corrected chi connectivity index (χ3v) is 11.5. The van der Waals surface area contributed by atoms with E-state index >= 15 is 8.78 Å². The summed E-state index contributed by atoms with van der Waals surface area (Å²) < 4.78 is 45.4. The smallest absolute Gasteiger partial charge is 0.166 e. The van der Waals surface area contributed by atoms with Gasteiger partial charge in [0.05, 0.1) is 17.0 Å². The van der Waals surface area contributed by atoms with Gasteiger partial charge >= 0.3 is 0 Å². The minimum absolute atomic E-state index is 0.0340. The van der Waals surface area contributed by atoms with Crippen LogP contribution >= 0.6 is 11.8 Å². The minimum atomic E-state index is -1.97. The van der Waals surface area contributed by atoms with Crippen LogP contribution in [-0.4, -0.2) is 51.2 Å². The largest absolute Gasteiger partial charge is 0.390 e. The maximum atomic E-state index is 17.3. The average molecular weight is 471 g/mol. The number of hydrogen-bond acceptors (Lipinski definition) is 5. The average Bonchev–Trinajstić information content (AvgIpc) is 3.10. The van der Waals surface area contributed by atoms with Crippen molar-refractivity contribution >= 4 is 17.5 Å². The number of rotatable bonds is 3. The third-order valence-electron chi connectivity index (χ3n) is 9.93. The Morgan fingerprint density at radius 1 is 1.25 bits per heavy atom. The van der Waals surface area contributed by atoms with Gasteiger partial charge in [-0.25, -0.2) is 8.78 Å². The van der Waals surface area contributed by atoms with Crippen LogP contribution in [0.4, 0.5) is 8.78 Å². The highest BCUT2D eigenvalue weighted by molar-refractivity contribution is 8.00. The zero-order valence-corrected chi connectivity index (χ0v) is 20.6. The lowest BCUT2D eigenvalue weighted by Gasteiger charge is -2.63. The molecule has 4 fully saturated rings. The normalized spacial score (nSPS) is 54.8. The zero-order valence-electron chi connectivity index (χ0n) is 19.8. The number of aliphatic hydroxyl groups excluding tert-OH is 1. The molecule has 0 bridgehead atoms. The van der Waals surface area contributed by atoms with Crippen LogP contribution in [0.5, 0.6) is 0 Å². The first-order valence-electron chi connectivity index (χ1n) is 12.1. The highest BCUT2D eigenvalue weighted by Gasteiger charge is 2.79. The molecule has 1 N–H and O–H groups in total. The molecule has 4 aliphatic carbocycles. The lowest BCUT2D eigenvalue weighted by Crippen LogP contribution is -2.71. The van der Waals surface area contributed by atoms with Crippen molar-refractivity contribution < 1.29 is 28.2 Å². The van der Waals surface area contributed by atoms with E-state index in [0.717, 1.165) is 12.8 Å². The van der Waals surface area contributed by atoms with Crippen molar-refractivity contribution in [3.63, 3.8) is 0 Å². The number of ketones is 1. The molecule has 0 aromatic heterocycles. The number of ether oxygens (including phenoxy) is 2. The molecule has 0 spiro atoms. The van der Waals surface area contributed by atoms with E-state index in [1.807, 2.05) is 13.2 Å². The van der Waals surface area contributed by atoms with Crippen LogP contribution < -0.4 is 0 Å². The molecular formula is C25H36F2O4S. The maximum absolute atomic E-state index is 17.3. The maximum Gasteiger partial charge on any atom is 0.166 e. The van der Waals surface area contributed by atoms with Crippen molar-refractivity contribution in [3.8, 4) is 0 Å². The standard InChI is InChI=1S/C25H36F2O4S/c1-6-8-22(3)30-20-12-15-16-11-18(26)17-10-14(28)7-9-21(17,2)25(16,27)19(29)13-24(15,32-5)23(20,4)31-22/h15-16,19-20,29H,6-13H2,1-5H3/t15?,16?,19-,20+,21-,22+,23+,24+,25-/m0/s1. The summed E-state index contributed by atoms with van der Waals surface area (Å²) in [7, 11) is 0. The second kappa shape index (κ2) is 7.02. The van der Waals surface area contributed by atoms with Gasteiger partial charge in [0.15, 0.2) is 5.79 Å². The molecule has 1 saturated heterocycles. The Morgan fingerprint density at radius 3 is 2.62 bits per heavy atom. The van der Waals surface area contributed by atoms with Crippen LogP contribution in [0.2, 0.25) is 0 Å². The van der Waals surface area contributed by atoms with Crippen LogP contribution in [0.15, 0.2) is 11.4 Å². The lowest BCUT2D eigenvalue weighted by molar-refractivity contribution is -0.222. The summed E-state index contributed by atoms with van der Waals surface area (Å²) in [5.74, 6) is -1.94. The van der Waals surface area contributed by atoms with Crippen LogP contribution in [-0.2, 0) is 14.3 Å². The summed E-state index contributed by atoms with van der Waals surface area (Å²) in [4.78, 5) is 12.1. The Balaban J connectivity index is 1.60. The first-order chi connectivity index (χ1) is 14.9. The van der Waals surface area contributed by atoms with E-state index in [1.165, 1.54) is 0 Å². The molecule has 32 heavy (non-hydrogen) atoms. The summed E-state index contributed by atoms with van der Waals surface area (Å²) in [5.41, 5.74) is -3.53. The van der Waals surface area contributed by atoms with E-state index in [0.29, 0.717) is 6.42 Å². The lowest BCUT2D eigenvalue weighted by atomic mass is 9.47. The molecular weight excluding hydrogens is 434 g/mol. The number of Topliss-reactive ketones (excluding diaryl/α,β-unsaturated/α-hetero) is 1. The van der Waals surface area contributed by atoms with Gasteiger partial charge in [0, 0.05) is 37.0 Å². The number of fused-ring (bicyclic) bond motifs is 7. The van der Waals surface area contributed by atoms with Crippen molar-refractivity contribution in [2.45, 2.75) is 113 Å². The first-order valence-corrected chi connectivity index (χ1v) is 13.3. The van der Waals surface area contributed by atoms with Gasteiger partial charge < -0.3 is 14.6 Å². The molecule has 0 aromatic carbocycles. The van der Waals surface area contributed by atoms with E-state index in [1.54, 1.807) is 18.7 Å². The summed E-state index contributed by atoms with van der Waals surface area (Å²) in [6.45, 7) is 7.85. The van der Waals surface area contributed by atoms with Gasteiger partial charge in [0.2, 0.25) is 0 Å². The predicted molar refractivity (Wildman–Crippen MR) is 120 cm³/mol. The molecule has 7 heteroatoms. The number of halogens is 2. The molecule has 5 rings (SSSR count). The Morgan fingerprint density at radius 2 is 1.97 bits per heavy atom. The fraction of sp³-hybridized carbons (Fsp3) is 0.880. The van der Waals surface area contributed by atoms with E-state index in [4.69, 9.17) is 9.47 Å². The van der Waals surface area contributed by atoms with Gasteiger partial charge in [-0.15, -0.1) is 0 Å². The quantitative estimate of drug-likeness (QED) is 0.609. The number of aliphatic hydroxyl groups is 1. The summed E-state index contributed by atoms with van der Waals surface area (Å²) in [5, 5.41) is 11.5. The molecule has 0 aromatic rings. The molecule has 0 radical (unpaired) electrons. The number of hydrogen-bond donors (Lipinski definition) is 1. The monoisotopic (exact) mass is 470 g/mol. The van der Waals surface area contributed by atoms with Gasteiger partial charge in [-0.2, -0.15) is 11.8 Å². The molecule has 9 atom stereocenters. The third kappa shape index (κ3) is 2.57. The topological polar surface area (TPSA) is 55.8 Å². The Bertz CT molecular complexity index is 880. The Labute approximate surface area is 193 Å². The Kier molecular flexibility index (Phi) is 5.10. The molecule has 180 valence electrons. The van der Waals surface area contributed by atoms with Crippen LogP contribution in [0.1, 0.15) is 79.1 Å². The number of thioether (sulfide) groups is 1. The van der Waals surface area contributed by atoms with Gasteiger partial charge in [0.1, 0.15) is 22.9 Å². The van der Waals surface area contributed by atoms with E-state index in [9.17, 15) is 9.90 Å². The zero-order chi connectivity index (χ0) is 23.3. The molecule has 0 amide bonds. The van der Waals surface area contributed by atoms with Crippen LogP contribution in [0, 0.1) is 17.3 Å². The van der Waals surface area contributed by atoms with Crippen LogP contribution in [0.3, 0.4) is 0 Å². The van der Waals surface area contributed by atoms with Crippen molar-refractivity contribution in [1.82, 2.24) is 0 Å². The Hall–Kier alpha value is -0.500. The fourth-order valence-corrected chi connectivity index (χ4v) is 9.88. The van der Waals surface area contributed by atoms with Gasteiger partial charge in [0.25, 0.3) is 0 Å². The van der Waals surface area contributed by atoms with Crippen molar-refractivity contribution in [3.05, 3.63) is 11.4 Å². The number of alkyl halides is 1. The fourth-order valence-electron chi connectivity index (χ4n) is 8.42. The SMILES string of the molecule is CCC[C@]1(C)O[C@@H]2CC3C4CC(F)=C5CC(=O)CC[C@]5(C)[C@@]4(F)[C@@H](O)C[C@]3(SC)[C@]2(C)O1. The van der Waals surface area contributed by atoms with Crippen molar-refractivity contribution in [2.24, 2.45) is 17.3 Å². The molecule has 5 aliphatic rings. The van der Waals surface area contributed by atoms with Crippen molar-refractivity contribution in [1.29, 1.82) is 0 Å². The first kappa shape index (κ1) is 23.3. The van der Waals surface area contributed by atoms with E-state index < -0.39 is 39.2 Å². The number of carbonyl (C=O) groups excluding carboxylic acids is 1. The highest BCUT2D eigenvalue weighted by atomic mass is 32.2. The number of allylic oxidation sites excluding steroid dienone is 2. The van der Waals surface area contributed by atoms with Crippen molar-refractivity contribution in [2.75, 3.05) is 6.26 Å².